The lowest BCUT2D eigenvalue weighted by atomic mass is 9.78. The van der Waals surface area contributed by atoms with Crippen LogP contribution in [0.3, 0.4) is 0 Å². The highest BCUT2D eigenvalue weighted by molar-refractivity contribution is 5.68. The normalized spacial score (nSPS) is 20.3. The Balaban J connectivity index is 2.58. The van der Waals surface area contributed by atoms with Crippen molar-refractivity contribution >= 4 is 5.97 Å². The summed E-state index contributed by atoms with van der Waals surface area (Å²) in [4.78, 5) is 13.2. The van der Waals surface area contributed by atoms with Crippen LogP contribution in [0.2, 0.25) is 0 Å². The van der Waals surface area contributed by atoms with Crippen molar-refractivity contribution in [3.63, 3.8) is 0 Å². The van der Waals surface area contributed by atoms with Gasteiger partial charge in [0.1, 0.15) is 0 Å². The van der Waals surface area contributed by atoms with Crippen molar-refractivity contribution in [2.45, 2.75) is 70.1 Å². The Morgan fingerprint density at radius 1 is 1.30 bits per heavy atom. The molecule has 0 spiro atoms. The first-order chi connectivity index (χ1) is 9.35. The minimum absolute atomic E-state index is 0.0950. The summed E-state index contributed by atoms with van der Waals surface area (Å²) < 4.78 is 5.41. The number of aliphatic hydroxyl groups is 1. The van der Waals surface area contributed by atoms with E-state index in [1.165, 1.54) is 6.42 Å². The summed E-state index contributed by atoms with van der Waals surface area (Å²) in [6, 6.07) is 0. The third-order valence-corrected chi connectivity index (χ3v) is 4.18. The van der Waals surface area contributed by atoms with Crippen LogP contribution in [0.4, 0.5) is 0 Å². The number of carboxylic acids is 1. The molecule has 1 rings (SSSR count). The molecule has 1 aliphatic rings. The van der Waals surface area contributed by atoms with Gasteiger partial charge in [0.05, 0.1) is 25.2 Å². The van der Waals surface area contributed by atoms with Gasteiger partial charge in [-0.2, -0.15) is 0 Å². The van der Waals surface area contributed by atoms with Gasteiger partial charge in [-0.15, -0.1) is 0 Å². The zero-order chi connectivity index (χ0) is 15.2. The predicted octanol–water partition coefficient (Wildman–Crippen LogP) is 1.88. The minimum atomic E-state index is -0.758. The number of aliphatic carboxylic acids is 1. The van der Waals surface area contributed by atoms with Crippen LogP contribution in [0.25, 0.3) is 0 Å². The van der Waals surface area contributed by atoms with Crippen LogP contribution in [0.5, 0.6) is 0 Å². The Kier molecular flexibility index (Phi) is 6.92. The van der Waals surface area contributed by atoms with Crippen molar-refractivity contribution in [2.75, 3.05) is 20.2 Å². The van der Waals surface area contributed by atoms with Gasteiger partial charge in [0, 0.05) is 12.1 Å². The summed E-state index contributed by atoms with van der Waals surface area (Å²) in [5.74, 6) is -0.758. The van der Waals surface area contributed by atoms with Crippen LogP contribution in [-0.2, 0) is 9.53 Å². The Morgan fingerprint density at radius 3 is 2.40 bits per heavy atom. The van der Waals surface area contributed by atoms with E-state index in [-0.39, 0.29) is 18.1 Å². The molecule has 0 bridgehead atoms. The van der Waals surface area contributed by atoms with E-state index in [2.05, 4.69) is 0 Å². The van der Waals surface area contributed by atoms with E-state index in [9.17, 15) is 15.0 Å². The van der Waals surface area contributed by atoms with Crippen molar-refractivity contribution in [1.82, 2.24) is 4.90 Å². The molecule has 5 nitrogen and oxygen atoms in total. The minimum Gasteiger partial charge on any atom is -0.481 e. The van der Waals surface area contributed by atoms with Crippen LogP contribution in [0.15, 0.2) is 0 Å². The van der Waals surface area contributed by atoms with E-state index in [1.54, 1.807) is 0 Å². The molecule has 20 heavy (non-hydrogen) atoms. The molecular weight excluding hydrogens is 258 g/mol. The second-order valence-electron chi connectivity index (χ2n) is 6.27. The highest BCUT2D eigenvalue weighted by Gasteiger charge is 2.38. The van der Waals surface area contributed by atoms with Gasteiger partial charge in [0.15, 0.2) is 0 Å². The number of likely N-dealkylation sites (N-methyl/N-ethyl adjacent to an activating group) is 1. The van der Waals surface area contributed by atoms with Crippen LogP contribution < -0.4 is 0 Å². The molecule has 0 aromatic rings. The summed E-state index contributed by atoms with van der Waals surface area (Å²) in [6.07, 6.45) is 4.77. The fraction of sp³-hybridized carbons (Fsp3) is 0.933. The fourth-order valence-electron chi connectivity index (χ4n) is 3.05. The zero-order valence-electron chi connectivity index (χ0n) is 13.0. The molecule has 0 aromatic heterocycles. The maximum atomic E-state index is 11.2. The van der Waals surface area contributed by atoms with Crippen molar-refractivity contribution in [3.8, 4) is 0 Å². The first-order valence-corrected chi connectivity index (χ1v) is 7.58. The zero-order valence-corrected chi connectivity index (χ0v) is 13.0. The first kappa shape index (κ1) is 17.4. The highest BCUT2D eigenvalue weighted by Crippen LogP contribution is 2.35. The van der Waals surface area contributed by atoms with Gasteiger partial charge in [0.25, 0.3) is 0 Å². The van der Waals surface area contributed by atoms with Gasteiger partial charge >= 0.3 is 5.97 Å². The molecule has 0 aromatic carbocycles. The summed E-state index contributed by atoms with van der Waals surface area (Å²) in [5.41, 5.74) is -0.303. The van der Waals surface area contributed by atoms with Crippen molar-refractivity contribution in [1.29, 1.82) is 0 Å². The van der Waals surface area contributed by atoms with Gasteiger partial charge in [-0.3, -0.25) is 9.69 Å². The number of β-amino-alcohol motifs (C(OH)–C–C–N with tert-alkyl or cyclic N) is 1. The molecule has 0 saturated heterocycles. The molecule has 1 fully saturated rings. The summed E-state index contributed by atoms with van der Waals surface area (Å²) in [7, 11) is 1.92. The fourth-order valence-corrected chi connectivity index (χ4v) is 3.05. The standard InChI is InChI=1S/C15H29NO4/c1-12(2)20-11-13(17)10-16(3)15(9-14(18)19)7-5-4-6-8-15/h12-13,17H,4-11H2,1-3H3,(H,18,19). The summed E-state index contributed by atoms with van der Waals surface area (Å²) in [6.45, 7) is 4.62. The van der Waals surface area contributed by atoms with Gasteiger partial charge in [-0.1, -0.05) is 19.3 Å². The van der Waals surface area contributed by atoms with Gasteiger partial charge in [0.2, 0.25) is 0 Å². The lowest BCUT2D eigenvalue weighted by molar-refractivity contribution is -0.141. The van der Waals surface area contributed by atoms with Crippen molar-refractivity contribution < 1.29 is 19.7 Å². The van der Waals surface area contributed by atoms with Crippen molar-refractivity contribution in [2.24, 2.45) is 0 Å². The number of aliphatic hydroxyl groups excluding tert-OH is 1. The molecule has 118 valence electrons. The highest BCUT2D eigenvalue weighted by atomic mass is 16.5. The number of hydrogen-bond donors (Lipinski definition) is 2. The molecule has 5 heteroatoms. The number of carboxylic acid groups (broad SMARTS) is 1. The second-order valence-corrected chi connectivity index (χ2v) is 6.27. The molecule has 1 aliphatic carbocycles. The molecule has 2 N–H and O–H groups in total. The summed E-state index contributed by atoms with van der Waals surface area (Å²) >= 11 is 0. The van der Waals surface area contributed by atoms with E-state index in [4.69, 9.17) is 4.74 Å². The molecule has 1 atom stereocenters. The maximum Gasteiger partial charge on any atom is 0.305 e. The van der Waals surface area contributed by atoms with Crippen LogP contribution >= 0.6 is 0 Å². The third kappa shape index (κ3) is 5.38. The van der Waals surface area contributed by atoms with Gasteiger partial charge in [-0.05, 0) is 33.7 Å². The van der Waals surface area contributed by atoms with E-state index in [1.807, 2.05) is 25.8 Å². The molecule has 1 saturated carbocycles. The lowest BCUT2D eigenvalue weighted by Crippen LogP contribution is -2.52. The lowest BCUT2D eigenvalue weighted by Gasteiger charge is -2.44. The second kappa shape index (κ2) is 7.96. The maximum absolute atomic E-state index is 11.2. The van der Waals surface area contributed by atoms with Gasteiger partial charge in [-0.25, -0.2) is 0 Å². The SMILES string of the molecule is CC(C)OCC(O)CN(C)C1(CC(=O)O)CCCCC1. The molecule has 0 aliphatic heterocycles. The monoisotopic (exact) mass is 287 g/mol. The van der Waals surface area contributed by atoms with E-state index in [0.29, 0.717) is 13.2 Å². The van der Waals surface area contributed by atoms with E-state index < -0.39 is 12.1 Å². The van der Waals surface area contributed by atoms with E-state index >= 15 is 0 Å². The number of ether oxygens (including phenoxy) is 1. The molecule has 0 heterocycles. The molecule has 1 unspecified atom stereocenters. The average Bonchev–Trinajstić information content (AvgIpc) is 2.36. The number of hydrogen-bond acceptors (Lipinski definition) is 4. The third-order valence-electron chi connectivity index (χ3n) is 4.18. The van der Waals surface area contributed by atoms with Gasteiger partial charge < -0.3 is 14.9 Å². The molecule has 0 radical (unpaired) electrons. The van der Waals surface area contributed by atoms with Crippen molar-refractivity contribution in [3.05, 3.63) is 0 Å². The summed E-state index contributed by atoms with van der Waals surface area (Å²) in [5, 5.41) is 19.2. The first-order valence-electron chi connectivity index (χ1n) is 7.58. The predicted molar refractivity (Wildman–Crippen MR) is 77.8 cm³/mol. The Morgan fingerprint density at radius 2 is 1.90 bits per heavy atom. The van der Waals surface area contributed by atoms with E-state index in [0.717, 1.165) is 25.7 Å². The quantitative estimate of drug-likeness (QED) is 0.713. The Hall–Kier alpha value is -0.650. The average molecular weight is 287 g/mol. The topological polar surface area (TPSA) is 70.0 Å². The van der Waals surface area contributed by atoms with Crippen LogP contribution in [-0.4, -0.2) is 59.0 Å². The Bertz CT molecular complexity index is 300. The molecule has 0 amide bonds. The van der Waals surface area contributed by atoms with Crippen LogP contribution in [0.1, 0.15) is 52.4 Å². The smallest absolute Gasteiger partial charge is 0.305 e. The number of rotatable bonds is 8. The Labute approximate surface area is 121 Å². The number of carbonyl (C=O) groups is 1. The van der Waals surface area contributed by atoms with Crippen LogP contribution in [0, 0.1) is 0 Å². The molecular formula is C15H29NO4. The number of nitrogens with zero attached hydrogens (tertiary/aromatic N) is 1. The largest absolute Gasteiger partial charge is 0.481 e.